The first-order valence-corrected chi connectivity index (χ1v) is 6.25. The number of nitrogens with one attached hydrogen (secondary N) is 1. The molecule has 0 aliphatic carbocycles. The lowest BCUT2D eigenvalue weighted by molar-refractivity contribution is 0.144. The standard InChI is InChI=1S/C12H17BrFNO/c1-2-16-7-3-6-15-9-10-4-5-11(13)8-12(10)14/h4-5,8,15H,2-3,6-7,9H2,1H3. The quantitative estimate of drug-likeness (QED) is 0.779. The molecule has 0 spiro atoms. The Bertz CT molecular complexity index is 320. The van der Waals surface area contributed by atoms with Crippen LogP contribution in [0.5, 0.6) is 0 Å². The fourth-order valence-corrected chi connectivity index (χ4v) is 1.66. The lowest BCUT2D eigenvalue weighted by Gasteiger charge is -2.06. The molecule has 0 aromatic heterocycles. The Morgan fingerprint density at radius 3 is 2.94 bits per heavy atom. The van der Waals surface area contributed by atoms with Gasteiger partial charge in [0, 0.05) is 29.8 Å². The maximum Gasteiger partial charge on any atom is 0.128 e. The largest absolute Gasteiger partial charge is 0.382 e. The monoisotopic (exact) mass is 289 g/mol. The molecule has 0 saturated heterocycles. The second-order valence-corrected chi connectivity index (χ2v) is 4.38. The van der Waals surface area contributed by atoms with Crippen LogP contribution in [0.15, 0.2) is 22.7 Å². The SMILES string of the molecule is CCOCCCNCc1ccc(Br)cc1F. The molecule has 16 heavy (non-hydrogen) atoms. The van der Waals surface area contributed by atoms with Gasteiger partial charge in [-0.25, -0.2) is 4.39 Å². The van der Waals surface area contributed by atoms with Gasteiger partial charge in [0.25, 0.3) is 0 Å². The van der Waals surface area contributed by atoms with Crippen molar-refractivity contribution < 1.29 is 9.13 Å². The van der Waals surface area contributed by atoms with Gasteiger partial charge in [-0.15, -0.1) is 0 Å². The maximum atomic E-state index is 13.4. The molecular weight excluding hydrogens is 273 g/mol. The van der Waals surface area contributed by atoms with Gasteiger partial charge in [-0.2, -0.15) is 0 Å². The molecule has 0 aliphatic rings. The molecule has 1 aromatic rings. The molecular formula is C12H17BrFNO. The first-order chi connectivity index (χ1) is 7.74. The number of hydrogen-bond donors (Lipinski definition) is 1. The third-order valence-corrected chi connectivity index (χ3v) is 2.67. The summed E-state index contributed by atoms with van der Waals surface area (Å²) < 4.78 is 19.4. The highest BCUT2D eigenvalue weighted by atomic mass is 79.9. The van der Waals surface area contributed by atoms with Gasteiger partial charge in [-0.1, -0.05) is 22.0 Å². The van der Waals surface area contributed by atoms with Crippen LogP contribution in [0.1, 0.15) is 18.9 Å². The van der Waals surface area contributed by atoms with E-state index in [-0.39, 0.29) is 5.82 Å². The van der Waals surface area contributed by atoms with E-state index in [0.717, 1.165) is 30.7 Å². The van der Waals surface area contributed by atoms with Crippen molar-refractivity contribution in [2.45, 2.75) is 19.9 Å². The number of benzene rings is 1. The van der Waals surface area contributed by atoms with Gasteiger partial charge in [0.05, 0.1) is 0 Å². The number of ether oxygens (including phenoxy) is 1. The molecule has 0 bridgehead atoms. The van der Waals surface area contributed by atoms with E-state index in [4.69, 9.17) is 4.74 Å². The van der Waals surface area contributed by atoms with Crippen LogP contribution in [0.4, 0.5) is 4.39 Å². The maximum absolute atomic E-state index is 13.4. The Kier molecular flexibility index (Phi) is 6.61. The molecule has 0 atom stereocenters. The Hall–Kier alpha value is -0.450. The summed E-state index contributed by atoms with van der Waals surface area (Å²) >= 11 is 3.23. The van der Waals surface area contributed by atoms with Crippen LogP contribution in [0.3, 0.4) is 0 Å². The third-order valence-electron chi connectivity index (χ3n) is 2.18. The normalized spacial score (nSPS) is 10.7. The number of hydrogen-bond acceptors (Lipinski definition) is 2. The smallest absolute Gasteiger partial charge is 0.128 e. The highest BCUT2D eigenvalue weighted by Crippen LogP contribution is 2.14. The molecule has 0 saturated carbocycles. The zero-order chi connectivity index (χ0) is 11.8. The van der Waals surface area contributed by atoms with Gasteiger partial charge in [0.1, 0.15) is 5.82 Å². The van der Waals surface area contributed by atoms with Gasteiger partial charge < -0.3 is 10.1 Å². The summed E-state index contributed by atoms with van der Waals surface area (Å²) in [4.78, 5) is 0. The highest BCUT2D eigenvalue weighted by Gasteiger charge is 2.01. The topological polar surface area (TPSA) is 21.3 Å². The summed E-state index contributed by atoms with van der Waals surface area (Å²) in [5.74, 6) is -0.174. The summed E-state index contributed by atoms with van der Waals surface area (Å²) in [6.07, 6.45) is 0.950. The van der Waals surface area contributed by atoms with Crippen molar-refractivity contribution >= 4 is 15.9 Å². The molecule has 1 aromatic carbocycles. The van der Waals surface area contributed by atoms with E-state index in [0.29, 0.717) is 12.1 Å². The fourth-order valence-electron chi connectivity index (χ4n) is 1.33. The van der Waals surface area contributed by atoms with Crippen LogP contribution in [0.25, 0.3) is 0 Å². The van der Waals surface area contributed by atoms with Crippen molar-refractivity contribution in [3.05, 3.63) is 34.1 Å². The average molecular weight is 290 g/mol. The minimum Gasteiger partial charge on any atom is -0.382 e. The summed E-state index contributed by atoms with van der Waals surface area (Å²) in [5.41, 5.74) is 0.694. The molecule has 0 radical (unpaired) electrons. The molecule has 4 heteroatoms. The van der Waals surface area contributed by atoms with E-state index in [1.807, 2.05) is 13.0 Å². The first kappa shape index (κ1) is 13.6. The fraction of sp³-hybridized carbons (Fsp3) is 0.500. The zero-order valence-electron chi connectivity index (χ0n) is 9.43. The third kappa shape index (κ3) is 5.05. The van der Waals surface area contributed by atoms with E-state index < -0.39 is 0 Å². The van der Waals surface area contributed by atoms with Crippen molar-refractivity contribution in [1.29, 1.82) is 0 Å². The summed E-state index contributed by atoms with van der Waals surface area (Å²) in [7, 11) is 0. The second kappa shape index (κ2) is 7.76. The van der Waals surface area contributed by atoms with Crippen LogP contribution in [0.2, 0.25) is 0 Å². The van der Waals surface area contributed by atoms with Gasteiger partial charge >= 0.3 is 0 Å². The zero-order valence-corrected chi connectivity index (χ0v) is 11.0. The van der Waals surface area contributed by atoms with Crippen molar-refractivity contribution in [1.82, 2.24) is 5.32 Å². The summed E-state index contributed by atoms with van der Waals surface area (Å²) in [6.45, 7) is 4.89. The van der Waals surface area contributed by atoms with Crippen LogP contribution >= 0.6 is 15.9 Å². The summed E-state index contributed by atoms with van der Waals surface area (Å²) in [6, 6.07) is 5.12. The molecule has 0 unspecified atom stereocenters. The van der Waals surface area contributed by atoms with Crippen molar-refractivity contribution in [3.63, 3.8) is 0 Å². The lowest BCUT2D eigenvalue weighted by Crippen LogP contribution is -2.17. The molecule has 90 valence electrons. The van der Waals surface area contributed by atoms with Crippen LogP contribution in [-0.4, -0.2) is 19.8 Å². The van der Waals surface area contributed by atoms with Crippen LogP contribution in [0, 0.1) is 5.82 Å². The second-order valence-electron chi connectivity index (χ2n) is 3.46. The van der Waals surface area contributed by atoms with Gasteiger partial charge in [0.2, 0.25) is 0 Å². The van der Waals surface area contributed by atoms with Crippen LogP contribution in [-0.2, 0) is 11.3 Å². The first-order valence-electron chi connectivity index (χ1n) is 5.46. The van der Waals surface area contributed by atoms with E-state index in [2.05, 4.69) is 21.2 Å². The lowest BCUT2D eigenvalue weighted by atomic mass is 10.2. The average Bonchev–Trinajstić information content (AvgIpc) is 2.26. The summed E-state index contributed by atoms with van der Waals surface area (Å²) in [5, 5.41) is 3.19. The number of rotatable bonds is 7. The van der Waals surface area contributed by atoms with Crippen molar-refractivity contribution in [2.24, 2.45) is 0 Å². The van der Waals surface area contributed by atoms with E-state index >= 15 is 0 Å². The highest BCUT2D eigenvalue weighted by molar-refractivity contribution is 9.10. The van der Waals surface area contributed by atoms with E-state index in [1.165, 1.54) is 6.07 Å². The van der Waals surface area contributed by atoms with Gasteiger partial charge in [-0.05, 0) is 32.0 Å². The molecule has 0 heterocycles. The molecule has 0 aliphatic heterocycles. The minimum absolute atomic E-state index is 0.174. The Morgan fingerprint density at radius 2 is 2.25 bits per heavy atom. The predicted molar refractivity (Wildman–Crippen MR) is 66.9 cm³/mol. The van der Waals surface area contributed by atoms with E-state index in [1.54, 1.807) is 6.07 Å². The molecule has 2 nitrogen and oxygen atoms in total. The van der Waals surface area contributed by atoms with Crippen LogP contribution < -0.4 is 5.32 Å². The van der Waals surface area contributed by atoms with Crippen molar-refractivity contribution in [3.8, 4) is 0 Å². The van der Waals surface area contributed by atoms with Gasteiger partial charge in [0.15, 0.2) is 0 Å². The Labute approximate surface area is 104 Å². The Balaban J connectivity index is 2.21. The molecule has 1 N–H and O–H groups in total. The minimum atomic E-state index is -0.174. The van der Waals surface area contributed by atoms with Crippen molar-refractivity contribution in [2.75, 3.05) is 19.8 Å². The molecule has 0 amide bonds. The number of halogens is 2. The van der Waals surface area contributed by atoms with Gasteiger partial charge in [-0.3, -0.25) is 0 Å². The molecule has 1 rings (SSSR count). The Morgan fingerprint density at radius 1 is 1.44 bits per heavy atom. The van der Waals surface area contributed by atoms with E-state index in [9.17, 15) is 4.39 Å². The predicted octanol–water partition coefficient (Wildman–Crippen LogP) is 3.10. The molecule has 0 fully saturated rings.